The van der Waals surface area contributed by atoms with Gasteiger partial charge in [0.1, 0.15) is 0 Å². The van der Waals surface area contributed by atoms with Crippen molar-refractivity contribution in [3.8, 4) is 0 Å². The van der Waals surface area contributed by atoms with Crippen LogP contribution in [0.5, 0.6) is 0 Å². The van der Waals surface area contributed by atoms with E-state index in [0.29, 0.717) is 0 Å². The Morgan fingerprint density at radius 2 is 0.846 bits per heavy atom. The van der Waals surface area contributed by atoms with Crippen molar-refractivity contribution in [1.82, 2.24) is 0 Å². The molecule has 0 aromatic rings. The van der Waals surface area contributed by atoms with Crippen molar-refractivity contribution in [3.63, 3.8) is 0 Å². The van der Waals surface area contributed by atoms with Crippen LogP contribution in [0.25, 0.3) is 0 Å². The van der Waals surface area contributed by atoms with E-state index in [1.54, 1.807) is 0 Å². The van der Waals surface area contributed by atoms with Crippen molar-refractivity contribution >= 4 is 0 Å². The van der Waals surface area contributed by atoms with Crippen molar-refractivity contribution in [2.24, 2.45) is 0 Å². The average molecular weight is 174 g/mol. The van der Waals surface area contributed by atoms with E-state index in [0.717, 1.165) is 12.8 Å². The highest BCUT2D eigenvalue weighted by Gasteiger charge is 1.80. The Morgan fingerprint density at radius 3 is 1.31 bits per heavy atom. The summed E-state index contributed by atoms with van der Waals surface area (Å²) in [4.78, 5) is 0. The minimum atomic E-state index is 1.15. The Kier molecular flexibility index (Phi) is 5.87. The Labute approximate surface area is 81.4 Å². The van der Waals surface area contributed by atoms with Crippen LogP contribution in [0.2, 0.25) is 0 Å². The van der Waals surface area contributed by atoms with E-state index in [9.17, 15) is 0 Å². The van der Waals surface area contributed by atoms with E-state index < -0.39 is 0 Å². The molecule has 0 unspecified atom stereocenters. The molecule has 0 radical (unpaired) electrons. The Morgan fingerprint density at radius 1 is 0.462 bits per heavy atom. The van der Waals surface area contributed by atoms with Crippen molar-refractivity contribution in [2.45, 2.75) is 32.1 Å². The molecule has 1 aliphatic carbocycles. The van der Waals surface area contributed by atoms with E-state index in [2.05, 4.69) is 48.6 Å². The maximum absolute atomic E-state index is 2.25. The van der Waals surface area contributed by atoms with Crippen molar-refractivity contribution in [3.05, 3.63) is 48.6 Å². The van der Waals surface area contributed by atoms with E-state index in [-0.39, 0.29) is 0 Å². The summed E-state index contributed by atoms with van der Waals surface area (Å²) in [6, 6.07) is 0. The predicted molar refractivity (Wildman–Crippen MR) is 59.6 cm³/mol. The summed E-state index contributed by atoms with van der Waals surface area (Å²) >= 11 is 0. The van der Waals surface area contributed by atoms with Gasteiger partial charge < -0.3 is 0 Å². The van der Waals surface area contributed by atoms with Gasteiger partial charge in [0.25, 0.3) is 0 Å². The molecule has 0 heterocycles. The molecule has 13 heavy (non-hydrogen) atoms. The fourth-order valence-electron chi connectivity index (χ4n) is 1.25. The molecule has 0 aromatic carbocycles. The average Bonchev–Trinajstić information content (AvgIpc) is 2.18. The molecule has 0 heteroatoms. The number of hydrogen-bond acceptors (Lipinski definition) is 0. The summed E-state index contributed by atoms with van der Waals surface area (Å²) < 4.78 is 0. The summed E-state index contributed by atoms with van der Waals surface area (Å²) in [5.74, 6) is 0. The quantitative estimate of drug-likeness (QED) is 0.517. The first kappa shape index (κ1) is 10.0. The van der Waals surface area contributed by atoms with E-state index in [1.165, 1.54) is 19.3 Å². The van der Waals surface area contributed by atoms with Crippen molar-refractivity contribution < 1.29 is 0 Å². The smallest absolute Gasteiger partial charge is 0.0313 e. The molecule has 0 saturated carbocycles. The van der Waals surface area contributed by atoms with Gasteiger partial charge in [-0.2, -0.15) is 0 Å². The minimum absolute atomic E-state index is 1.15. The molecule has 0 N–H and O–H groups in total. The fraction of sp³-hybridized carbons (Fsp3) is 0.385. The largest absolute Gasteiger partial charge is 0.0845 e. The molecule has 0 bridgehead atoms. The topological polar surface area (TPSA) is 0 Å². The molecule has 0 aromatic heterocycles. The Bertz CT molecular complexity index is 192. The van der Waals surface area contributed by atoms with Gasteiger partial charge in [0, 0.05) is 0 Å². The SMILES string of the molecule is C1=CCC/C=C\C=C\CCCC=C1. The molecule has 0 aliphatic heterocycles. The second-order valence-electron chi connectivity index (χ2n) is 3.22. The van der Waals surface area contributed by atoms with Gasteiger partial charge in [-0.05, 0) is 32.1 Å². The summed E-state index contributed by atoms with van der Waals surface area (Å²) in [5.41, 5.74) is 0. The molecular formula is C13H18. The Balaban J connectivity index is 2.38. The molecular weight excluding hydrogens is 156 g/mol. The molecule has 1 aliphatic rings. The zero-order chi connectivity index (χ0) is 9.19. The van der Waals surface area contributed by atoms with Crippen LogP contribution in [-0.4, -0.2) is 0 Å². The molecule has 0 atom stereocenters. The lowest BCUT2D eigenvalue weighted by Crippen LogP contribution is -1.67. The third-order valence-electron chi connectivity index (χ3n) is 2.01. The summed E-state index contributed by atoms with van der Waals surface area (Å²) in [6.45, 7) is 0. The molecule has 0 amide bonds. The summed E-state index contributed by atoms with van der Waals surface area (Å²) in [7, 11) is 0. The van der Waals surface area contributed by atoms with Crippen LogP contribution in [0.1, 0.15) is 32.1 Å². The standard InChI is InChI=1S/C13H18/c1-2-4-6-8-10-12-13-11-9-7-5-3-1/h1-4,9,11-13H,5-8,10H2/b3-1-,4-2+,11-9?,13-12?. The number of rotatable bonds is 0. The maximum Gasteiger partial charge on any atom is -0.0313 e. The highest BCUT2D eigenvalue weighted by atomic mass is 13.9. The summed E-state index contributed by atoms with van der Waals surface area (Å²) in [5, 5.41) is 0. The normalized spacial score (nSPS) is 24.0. The van der Waals surface area contributed by atoms with Crippen LogP contribution in [0.4, 0.5) is 0 Å². The first-order valence-corrected chi connectivity index (χ1v) is 5.13. The second-order valence-corrected chi connectivity index (χ2v) is 3.22. The lowest BCUT2D eigenvalue weighted by atomic mass is 10.2. The Hall–Kier alpha value is -1.04. The monoisotopic (exact) mass is 174 g/mol. The predicted octanol–water partition coefficient (Wildman–Crippen LogP) is 4.18. The second kappa shape index (κ2) is 7.60. The lowest BCUT2D eigenvalue weighted by molar-refractivity contribution is 0.868. The first-order valence-electron chi connectivity index (χ1n) is 5.13. The molecule has 70 valence electrons. The first-order chi connectivity index (χ1) is 6.50. The van der Waals surface area contributed by atoms with Crippen LogP contribution < -0.4 is 0 Å². The van der Waals surface area contributed by atoms with Crippen molar-refractivity contribution in [1.29, 1.82) is 0 Å². The van der Waals surface area contributed by atoms with Crippen LogP contribution in [0.3, 0.4) is 0 Å². The van der Waals surface area contributed by atoms with E-state index in [1.807, 2.05) is 0 Å². The van der Waals surface area contributed by atoms with Crippen LogP contribution in [0, 0.1) is 0 Å². The fourth-order valence-corrected chi connectivity index (χ4v) is 1.25. The van der Waals surface area contributed by atoms with Gasteiger partial charge in [-0.25, -0.2) is 0 Å². The highest BCUT2D eigenvalue weighted by molar-refractivity contribution is 5.06. The third-order valence-corrected chi connectivity index (χ3v) is 2.01. The van der Waals surface area contributed by atoms with Gasteiger partial charge in [-0.1, -0.05) is 48.6 Å². The van der Waals surface area contributed by atoms with Gasteiger partial charge in [0.2, 0.25) is 0 Å². The lowest BCUT2D eigenvalue weighted by Gasteiger charge is -1.87. The van der Waals surface area contributed by atoms with Gasteiger partial charge in [-0.3, -0.25) is 0 Å². The van der Waals surface area contributed by atoms with Gasteiger partial charge in [0.05, 0.1) is 0 Å². The highest BCUT2D eigenvalue weighted by Crippen LogP contribution is 2.00. The maximum atomic E-state index is 2.25. The summed E-state index contributed by atoms with van der Waals surface area (Å²) in [6.07, 6.45) is 23.5. The zero-order valence-corrected chi connectivity index (χ0v) is 8.15. The number of allylic oxidation sites excluding steroid dienone is 8. The molecule has 0 spiro atoms. The van der Waals surface area contributed by atoms with Crippen molar-refractivity contribution in [2.75, 3.05) is 0 Å². The molecule has 0 saturated heterocycles. The van der Waals surface area contributed by atoms with Gasteiger partial charge >= 0.3 is 0 Å². The zero-order valence-electron chi connectivity index (χ0n) is 8.15. The van der Waals surface area contributed by atoms with E-state index >= 15 is 0 Å². The third kappa shape index (κ3) is 6.15. The van der Waals surface area contributed by atoms with Crippen LogP contribution >= 0.6 is 0 Å². The van der Waals surface area contributed by atoms with Crippen LogP contribution in [0.15, 0.2) is 48.6 Å². The minimum Gasteiger partial charge on any atom is -0.0845 e. The molecule has 1 rings (SSSR count). The van der Waals surface area contributed by atoms with Gasteiger partial charge in [0.15, 0.2) is 0 Å². The number of hydrogen-bond donors (Lipinski definition) is 0. The molecule has 0 nitrogen and oxygen atoms in total. The van der Waals surface area contributed by atoms with E-state index in [4.69, 9.17) is 0 Å². The van der Waals surface area contributed by atoms with Crippen LogP contribution in [-0.2, 0) is 0 Å². The van der Waals surface area contributed by atoms with Gasteiger partial charge in [-0.15, -0.1) is 0 Å². The molecule has 0 fully saturated rings.